The Labute approximate surface area is 143 Å². The van der Waals surface area contributed by atoms with E-state index < -0.39 is 10.0 Å². The van der Waals surface area contributed by atoms with Crippen LogP contribution in [0, 0.1) is 6.92 Å². The van der Waals surface area contributed by atoms with Gasteiger partial charge in [0.1, 0.15) is 0 Å². The van der Waals surface area contributed by atoms with Gasteiger partial charge >= 0.3 is 0 Å². The first kappa shape index (κ1) is 17.8. The zero-order valence-electron chi connectivity index (χ0n) is 13.0. The number of benzene rings is 2. The van der Waals surface area contributed by atoms with Crippen LogP contribution >= 0.6 is 12.4 Å². The molecule has 23 heavy (non-hydrogen) atoms. The lowest BCUT2D eigenvalue weighted by Gasteiger charge is -2.26. The number of nitrogen functional groups attached to an aromatic ring is 1. The monoisotopic (exact) mass is 352 g/mol. The second kappa shape index (κ2) is 6.91. The minimum atomic E-state index is -3.52. The van der Waals surface area contributed by atoms with Crippen molar-refractivity contribution in [2.45, 2.75) is 37.1 Å². The molecule has 2 aromatic rings. The van der Waals surface area contributed by atoms with Gasteiger partial charge in [-0.2, -0.15) is 0 Å². The Kier molecular flexibility index (Phi) is 5.34. The number of fused-ring (bicyclic) bond motifs is 1. The molecule has 6 heteroatoms. The molecule has 3 N–H and O–H groups in total. The van der Waals surface area contributed by atoms with Gasteiger partial charge in [0.15, 0.2) is 0 Å². The number of nitrogens with one attached hydrogen (secondary N) is 1. The van der Waals surface area contributed by atoms with Gasteiger partial charge in [0, 0.05) is 11.7 Å². The maximum Gasteiger partial charge on any atom is 0.241 e. The maximum absolute atomic E-state index is 12.7. The van der Waals surface area contributed by atoms with E-state index in [0.29, 0.717) is 4.90 Å². The first-order chi connectivity index (χ1) is 10.5. The summed E-state index contributed by atoms with van der Waals surface area (Å²) in [7, 11) is -3.52. The molecular formula is C17H21ClN2O2S. The Bertz CT molecular complexity index is 806. The molecule has 0 saturated carbocycles. The summed E-state index contributed by atoms with van der Waals surface area (Å²) in [5, 5.41) is 0. The fourth-order valence-electron chi connectivity index (χ4n) is 3.07. The first-order valence-corrected chi connectivity index (χ1v) is 8.92. The Morgan fingerprint density at radius 1 is 1.17 bits per heavy atom. The molecule has 124 valence electrons. The predicted molar refractivity (Wildman–Crippen MR) is 95.3 cm³/mol. The van der Waals surface area contributed by atoms with E-state index in [1.807, 2.05) is 37.3 Å². The summed E-state index contributed by atoms with van der Waals surface area (Å²) in [6.07, 6.45) is 2.71. The second-order valence-corrected chi connectivity index (χ2v) is 7.47. The van der Waals surface area contributed by atoms with Crippen LogP contribution < -0.4 is 10.5 Å². The summed E-state index contributed by atoms with van der Waals surface area (Å²) < 4.78 is 28.2. The molecule has 0 aliphatic heterocycles. The number of halogens is 1. The van der Waals surface area contributed by atoms with Crippen molar-refractivity contribution < 1.29 is 8.42 Å². The zero-order valence-corrected chi connectivity index (χ0v) is 14.6. The van der Waals surface area contributed by atoms with Crippen molar-refractivity contribution in [1.82, 2.24) is 4.72 Å². The molecule has 4 nitrogen and oxygen atoms in total. The largest absolute Gasteiger partial charge is 0.399 e. The fourth-order valence-corrected chi connectivity index (χ4v) is 4.56. The van der Waals surface area contributed by atoms with Crippen molar-refractivity contribution in [3.05, 3.63) is 59.2 Å². The van der Waals surface area contributed by atoms with Crippen LogP contribution in [0.25, 0.3) is 0 Å². The molecule has 1 atom stereocenters. The summed E-state index contributed by atoms with van der Waals surface area (Å²) in [5.74, 6) is 0. The van der Waals surface area contributed by atoms with Crippen molar-refractivity contribution >= 4 is 28.1 Å². The van der Waals surface area contributed by atoms with Gasteiger partial charge in [-0.15, -0.1) is 12.4 Å². The molecule has 0 bridgehead atoms. The number of nitrogens with two attached hydrogens (primary N) is 1. The van der Waals surface area contributed by atoms with Crippen LogP contribution in [0.15, 0.2) is 47.4 Å². The van der Waals surface area contributed by atoms with E-state index in [1.165, 1.54) is 0 Å². The summed E-state index contributed by atoms with van der Waals surface area (Å²) in [6, 6.07) is 12.6. The van der Waals surface area contributed by atoms with Gasteiger partial charge in [-0.1, -0.05) is 24.3 Å². The molecule has 1 aliphatic rings. The summed E-state index contributed by atoms with van der Waals surface area (Å²) in [5.41, 5.74) is 9.49. The first-order valence-electron chi connectivity index (χ1n) is 7.43. The third-order valence-corrected chi connectivity index (χ3v) is 5.79. The Balaban J connectivity index is 0.00000192. The van der Waals surface area contributed by atoms with E-state index in [-0.39, 0.29) is 18.4 Å². The number of hydrogen-bond donors (Lipinski definition) is 2. The molecule has 1 aliphatic carbocycles. The van der Waals surface area contributed by atoms with E-state index >= 15 is 0 Å². The molecule has 0 heterocycles. The van der Waals surface area contributed by atoms with Crippen LogP contribution in [-0.2, 0) is 16.4 Å². The van der Waals surface area contributed by atoms with Crippen molar-refractivity contribution in [1.29, 1.82) is 0 Å². The topological polar surface area (TPSA) is 72.2 Å². The molecule has 0 radical (unpaired) electrons. The van der Waals surface area contributed by atoms with Gasteiger partial charge < -0.3 is 5.73 Å². The highest BCUT2D eigenvalue weighted by Crippen LogP contribution is 2.32. The van der Waals surface area contributed by atoms with Gasteiger partial charge in [0.05, 0.1) is 4.90 Å². The number of sulfonamides is 1. The molecule has 2 aromatic carbocycles. The zero-order chi connectivity index (χ0) is 15.7. The molecule has 0 aromatic heterocycles. The average Bonchev–Trinajstić information content (AvgIpc) is 2.47. The van der Waals surface area contributed by atoms with Crippen LogP contribution in [0.4, 0.5) is 5.69 Å². The minimum Gasteiger partial charge on any atom is -0.399 e. The minimum absolute atomic E-state index is 0. The number of aryl methyl sites for hydroxylation is 2. The van der Waals surface area contributed by atoms with E-state index in [2.05, 4.69) is 4.72 Å². The van der Waals surface area contributed by atoms with Gasteiger partial charge in [0.2, 0.25) is 10.0 Å². The molecule has 0 fully saturated rings. The van der Waals surface area contributed by atoms with Crippen LogP contribution in [0.5, 0.6) is 0 Å². The van der Waals surface area contributed by atoms with E-state index in [9.17, 15) is 8.42 Å². The summed E-state index contributed by atoms with van der Waals surface area (Å²) in [6.45, 7) is 1.81. The lowest BCUT2D eigenvalue weighted by Crippen LogP contribution is -2.31. The molecule has 1 unspecified atom stereocenters. The lowest BCUT2D eigenvalue weighted by molar-refractivity contribution is 0.507. The molecule has 0 saturated heterocycles. The van der Waals surface area contributed by atoms with Gasteiger partial charge in [0.25, 0.3) is 0 Å². The molecular weight excluding hydrogens is 332 g/mol. The van der Waals surface area contributed by atoms with Crippen LogP contribution in [0.3, 0.4) is 0 Å². The third-order valence-electron chi connectivity index (χ3n) is 4.16. The second-order valence-electron chi connectivity index (χ2n) is 5.79. The maximum atomic E-state index is 12.7. The third kappa shape index (κ3) is 3.68. The van der Waals surface area contributed by atoms with Crippen molar-refractivity contribution in [3.63, 3.8) is 0 Å². The highest BCUT2D eigenvalue weighted by molar-refractivity contribution is 7.89. The molecule has 3 rings (SSSR count). The molecule has 0 amide bonds. The van der Waals surface area contributed by atoms with Crippen molar-refractivity contribution in [2.24, 2.45) is 0 Å². The van der Waals surface area contributed by atoms with Crippen molar-refractivity contribution in [3.8, 4) is 0 Å². The van der Waals surface area contributed by atoms with E-state index in [1.54, 1.807) is 12.1 Å². The van der Waals surface area contributed by atoms with Gasteiger partial charge in [-0.3, -0.25) is 0 Å². The SMILES string of the molecule is Cc1ccccc1S(=O)(=O)NC1CCCc2cc(N)ccc21.Cl. The molecule has 0 spiro atoms. The predicted octanol–water partition coefficient (Wildman–Crippen LogP) is 3.35. The average molecular weight is 353 g/mol. The quantitative estimate of drug-likeness (QED) is 0.832. The van der Waals surface area contributed by atoms with Crippen LogP contribution in [0.1, 0.15) is 35.6 Å². The standard InChI is InChI=1S/C17H20N2O2S.ClH/c1-12-5-2-3-8-17(12)22(20,21)19-16-7-4-6-13-11-14(18)9-10-15(13)16;/h2-3,5,8-11,16,19H,4,6-7,18H2,1H3;1H. The summed E-state index contributed by atoms with van der Waals surface area (Å²) >= 11 is 0. The van der Waals surface area contributed by atoms with Crippen molar-refractivity contribution in [2.75, 3.05) is 5.73 Å². The highest BCUT2D eigenvalue weighted by atomic mass is 35.5. The van der Waals surface area contributed by atoms with E-state index in [0.717, 1.165) is 41.6 Å². The Morgan fingerprint density at radius 2 is 1.91 bits per heavy atom. The Morgan fingerprint density at radius 3 is 2.65 bits per heavy atom. The summed E-state index contributed by atoms with van der Waals surface area (Å²) in [4.78, 5) is 0.345. The normalized spacial score (nSPS) is 17.2. The van der Waals surface area contributed by atoms with Crippen LogP contribution in [0.2, 0.25) is 0 Å². The lowest BCUT2D eigenvalue weighted by atomic mass is 9.88. The highest BCUT2D eigenvalue weighted by Gasteiger charge is 2.26. The van der Waals surface area contributed by atoms with Gasteiger partial charge in [-0.05, 0) is 61.1 Å². The van der Waals surface area contributed by atoms with Gasteiger partial charge in [-0.25, -0.2) is 13.1 Å². The Hall–Kier alpha value is -1.56. The fraction of sp³-hybridized carbons (Fsp3) is 0.294. The van der Waals surface area contributed by atoms with E-state index in [4.69, 9.17) is 5.73 Å². The van der Waals surface area contributed by atoms with Crippen LogP contribution in [-0.4, -0.2) is 8.42 Å². The number of rotatable bonds is 3. The number of hydrogen-bond acceptors (Lipinski definition) is 3. The number of anilines is 1. The smallest absolute Gasteiger partial charge is 0.241 e.